The zero-order valence-electron chi connectivity index (χ0n) is 16.7. The normalized spacial score (nSPS) is 15.0. The highest BCUT2D eigenvalue weighted by molar-refractivity contribution is 7.21. The molecule has 164 valence electrons. The lowest BCUT2D eigenvalue weighted by atomic mass is 10.1. The second kappa shape index (κ2) is 7.67. The molecule has 2 aromatic heterocycles. The molecular weight excluding hydrogens is 441 g/mol. The molecule has 0 aliphatic carbocycles. The maximum atomic E-state index is 13.1. The summed E-state index contributed by atoms with van der Waals surface area (Å²) in [5.41, 5.74) is -0.216. The molecule has 1 aliphatic heterocycles. The molecule has 0 bridgehead atoms. The number of nitrogens with zero attached hydrogens (tertiary/aromatic N) is 2. The lowest BCUT2D eigenvalue weighted by Gasteiger charge is -2.36. The van der Waals surface area contributed by atoms with Gasteiger partial charge in [-0.15, -0.1) is 11.3 Å². The van der Waals surface area contributed by atoms with Crippen LogP contribution in [-0.4, -0.2) is 37.0 Å². The van der Waals surface area contributed by atoms with Crippen molar-refractivity contribution in [3.05, 3.63) is 75.5 Å². The molecule has 2 aromatic carbocycles. The Bertz CT molecular complexity index is 1380. The summed E-state index contributed by atoms with van der Waals surface area (Å²) in [5.74, 6) is -0.196. The first kappa shape index (κ1) is 20.6. The Kier molecular flexibility index (Phi) is 4.93. The van der Waals surface area contributed by atoms with Crippen molar-refractivity contribution in [1.29, 1.82) is 0 Å². The van der Waals surface area contributed by atoms with Crippen molar-refractivity contribution in [2.75, 3.05) is 31.1 Å². The van der Waals surface area contributed by atoms with E-state index in [2.05, 4.69) is 0 Å². The molecule has 32 heavy (non-hydrogen) atoms. The number of amides is 1. The molecule has 0 radical (unpaired) electrons. The second-order valence-electron chi connectivity index (χ2n) is 7.57. The maximum absolute atomic E-state index is 13.1. The first-order valence-electron chi connectivity index (χ1n) is 9.98. The average Bonchev–Trinajstić information content (AvgIpc) is 3.25. The summed E-state index contributed by atoms with van der Waals surface area (Å²) in [4.78, 5) is 29.4. The van der Waals surface area contributed by atoms with Crippen molar-refractivity contribution in [3.8, 4) is 0 Å². The Hall–Kier alpha value is -3.33. The lowest BCUT2D eigenvalue weighted by molar-refractivity contribution is -0.137. The van der Waals surface area contributed by atoms with Crippen molar-refractivity contribution in [2.45, 2.75) is 6.18 Å². The van der Waals surface area contributed by atoms with Crippen LogP contribution in [0, 0.1) is 0 Å². The smallest absolute Gasteiger partial charge is 0.416 e. The fourth-order valence-corrected chi connectivity index (χ4v) is 5.09. The molecule has 0 saturated carbocycles. The van der Waals surface area contributed by atoms with Gasteiger partial charge in [-0.05, 0) is 36.4 Å². The molecule has 0 N–H and O–H groups in total. The van der Waals surface area contributed by atoms with Crippen molar-refractivity contribution in [1.82, 2.24) is 4.90 Å². The van der Waals surface area contributed by atoms with Crippen molar-refractivity contribution in [2.24, 2.45) is 0 Å². The van der Waals surface area contributed by atoms with Gasteiger partial charge in [0.2, 0.25) is 0 Å². The third-order valence-corrected chi connectivity index (χ3v) is 6.76. The van der Waals surface area contributed by atoms with E-state index < -0.39 is 17.4 Å². The van der Waals surface area contributed by atoms with Gasteiger partial charge < -0.3 is 14.2 Å². The van der Waals surface area contributed by atoms with Gasteiger partial charge in [0.15, 0.2) is 0 Å². The van der Waals surface area contributed by atoms with Crippen LogP contribution in [0.25, 0.3) is 21.1 Å². The van der Waals surface area contributed by atoms with E-state index in [-0.39, 0.29) is 5.91 Å². The van der Waals surface area contributed by atoms with Crippen LogP contribution in [0.15, 0.2) is 63.8 Å². The number of hydrogen-bond acceptors (Lipinski definition) is 5. The summed E-state index contributed by atoms with van der Waals surface area (Å²) in [7, 11) is 0. The predicted molar refractivity (Wildman–Crippen MR) is 117 cm³/mol. The fourth-order valence-electron chi connectivity index (χ4n) is 3.95. The summed E-state index contributed by atoms with van der Waals surface area (Å²) >= 11 is 1.25. The number of piperazine rings is 1. The number of rotatable bonds is 2. The van der Waals surface area contributed by atoms with Gasteiger partial charge in [0.05, 0.1) is 20.5 Å². The van der Waals surface area contributed by atoms with E-state index in [1.54, 1.807) is 29.2 Å². The molecule has 1 amide bonds. The van der Waals surface area contributed by atoms with Gasteiger partial charge >= 0.3 is 11.8 Å². The number of thiophene rings is 1. The molecule has 5 nitrogen and oxygen atoms in total. The maximum Gasteiger partial charge on any atom is 0.416 e. The fraction of sp³-hybridized carbons (Fsp3) is 0.217. The second-order valence-corrected chi connectivity index (χ2v) is 8.62. The monoisotopic (exact) mass is 458 g/mol. The molecule has 1 fully saturated rings. The minimum atomic E-state index is -4.40. The number of alkyl halides is 3. The van der Waals surface area contributed by atoms with Gasteiger partial charge in [0.25, 0.3) is 5.91 Å². The number of anilines is 1. The molecule has 1 saturated heterocycles. The van der Waals surface area contributed by atoms with Crippen molar-refractivity contribution in [3.63, 3.8) is 0 Å². The molecular formula is C23H17F3N2O3S. The van der Waals surface area contributed by atoms with Crippen LogP contribution in [0.4, 0.5) is 18.9 Å². The Morgan fingerprint density at radius 1 is 0.938 bits per heavy atom. The third kappa shape index (κ3) is 3.62. The van der Waals surface area contributed by atoms with Gasteiger partial charge in [-0.1, -0.05) is 18.2 Å². The highest BCUT2D eigenvalue weighted by Crippen LogP contribution is 2.33. The van der Waals surface area contributed by atoms with E-state index in [1.165, 1.54) is 17.4 Å². The molecule has 0 spiro atoms. The van der Waals surface area contributed by atoms with E-state index in [9.17, 15) is 22.8 Å². The minimum absolute atomic E-state index is 0.196. The topological polar surface area (TPSA) is 53.8 Å². The van der Waals surface area contributed by atoms with Gasteiger partial charge in [0.1, 0.15) is 5.58 Å². The third-order valence-electron chi connectivity index (χ3n) is 5.60. The van der Waals surface area contributed by atoms with Gasteiger partial charge in [-0.25, -0.2) is 4.79 Å². The first-order chi connectivity index (χ1) is 15.3. The Morgan fingerprint density at radius 2 is 1.69 bits per heavy atom. The van der Waals surface area contributed by atoms with Crippen LogP contribution in [0.2, 0.25) is 0 Å². The minimum Gasteiger partial charge on any atom is -0.422 e. The quantitative estimate of drug-likeness (QED) is 0.397. The molecule has 5 rings (SSSR count). The zero-order valence-corrected chi connectivity index (χ0v) is 17.5. The van der Waals surface area contributed by atoms with E-state index in [0.29, 0.717) is 52.4 Å². The lowest BCUT2D eigenvalue weighted by Crippen LogP contribution is -2.48. The SMILES string of the molecule is O=C(c1cc2c(=O)oc3ccccc3c2s1)N1CCN(c2cccc(C(F)(F)F)c2)CC1. The van der Waals surface area contributed by atoms with Gasteiger partial charge in [0, 0.05) is 37.3 Å². The molecule has 4 aromatic rings. The zero-order chi connectivity index (χ0) is 22.5. The highest BCUT2D eigenvalue weighted by atomic mass is 32.1. The number of para-hydroxylation sites is 1. The predicted octanol–water partition coefficient (Wildman–Crippen LogP) is 4.99. The number of hydrogen-bond donors (Lipinski definition) is 0. The highest BCUT2D eigenvalue weighted by Gasteiger charge is 2.31. The molecule has 0 unspecified atom stereocenters. The summed E-state index contributed by atoms with van der Waals surface area (Å²) in [6, 6.07) is 14.0. The van der Waals surface area contributed by atoms with Gasteiger partial charge in [-0.3, -0.25) is 4.79 Å². The van der Waals surface area contributed by atoms with E-state index in [4.69, 9.17) is 4.42 Å². The summed E-state index contributed by atoms with van der Waals surface area (Å²) in [6.07, 6.45) is -4.40. The molecule has 1 aliphatic rings. The number of carbonyl (C=O) groups is 1. The van der Waals surface area contributed by atoms with Crippen LogP contribution in [0.1, 0.15) is 15.2 Å². The number of halogens is 3. The van der Waals surface area contributed by atoms with Crippen molar-refractivity contribution < 1.29 is 22.4 Å². The summed E-state index contributed by atoms with van der Waals surface area (Å²) < 4.78 is 45.1. The van der Waals surface area contributed by atoms with Crippen LogP contribution in [0.3, 0.4) is 0 Å². The standard InChI is InChI=1S/C23H17F3N2O3S/c24-23(25,26)14-4-3-5-15(12-14)27-8-10-28(11-9-27)21(29)19-13-17-20(32-19)16-6-1-2-7-18(16)31-22(17)30/h1-7,12-13H,8-11H2. The Labute approximate surface area is 184 Å². The first-order valence-corrected chi connectivity index (χ1v) is 10.8. The molecule has 3 heterocycles. The number of benzene rings is 2. The van der Waals surface area contributed by atoms with Crippen molar-refractivity contribution >= 4 is 44.0 Å². The summed E-state index contributed by atoms with van der Waals surface area (Å²) in [6.45, 7) is 1.59. The van der Waals surface area contributed by atoms with Crippen LogP contribution < -0.4 is 10.5 Å². The van der Waals surface area contributed by atoms with Crippen LogP contribution in [0.5, 0.6) is 0 Å². The average molecular weight is 458 g/mol. The van der Waals surface area contributed by atoms with E-state index in [1.807, 2.05) is 17.0 Å². The Balaban J connectivity index is 1.36. The van der Waals surface area contributed by atoms with Crippen LogP contribution in [-0.2, 0) is 6.18 Å². The molecule has 0 atom stereocenters. The largest absolute Gasteiger partial charge is 0.422 e. The van der Waals surface area contributed by atoms with E-state index in [0.717, 1.165) is 17.5 Å². The summed E-state index contributed by atoms with van der Waals surface area (Å²) in [5, 5.41) is 1.15. The van der Waals surface area contributed by atoms with Crippen LogP contribution >= 0.6 is 11.3 Å². The van der Waals surface area contributed by atoms with Gasteiger partial charge in [-0.2, -0.15) is 13.2 Å². The Morgan fingerprint density at radius 3 is 2.44 bits per heavy atom. The number of carbonyl (C=O) groups excluding carboxylic acids is 1. The van der Waals surface area contributed by atoms with E-state index >= 15 is 0 Å². The molecule has 9 heteroatoms. The number of fused-ring (bicyclic) bond motifs is 3.